The fraction of sp³-hybridized carbons (Fsp3) is 0.211. The topological polar surface area (TPSA) is 31.4 Å². The SMILES string of the molecule is COc1ccc(F)cc1-c1cnc(OC(C)C)c2cc(F)cc(F)c12. The Kier molecular flexibility index (Phi) is 4.53. The van der Waals surface area contributed by atoms with E-state index in [0.29, 0.717) is 16.9 Å². The molecule has 0 radical (unpaired) electrons. The Morgan fingerprint density at radius 2 is 1.72 bits per heavy atom. The molecule has 0 aliphatic heterocycles. The van der Waals surface area contributed by atoms with Crippen molar-refractivity contribution >= 4 is 10.8 Å². The van der Waals surface area contributed by atoms with Crippen molar-refractivity contribution in [2.24, 2.45) is 0 Å². The van der Waals surface area contributed by atoms with Gasteiger partial charge < -0.3 is 9.47 Å². The zero-order valence-corrected chi connectivity index (χ0v) is 13.9. The highest BCUT2D eigenvalue weighted by molar-refractivity contribution is 6.00. The van der Waals surface area contributed by atoms with Crippen molar-refractivity contribution in [2.75, 3.05) is 7.11 Å². The Morgan fingerprint density at radius 1 is 0.960 bits per heavy atom. The first-order chi connectivity index (χ1) is 11.9. The average molecular weight is 347 g/mol. The van der Waals surface area contributed by atoms with Gasteiger partial charge in [-0.3, -0.25) is 0 Å². The number of hydrogen-bond donors (Lipinski definition) is 0. The van der Waals surface area contributed by atoms with Gasteiger partial charge in [-0.15, -0.1) is 0 Å². The molecule has 3 nitrogen and oxygen atoms in total. The number of halogens is 3. The van der Waals surface area contributed by atoms with Crippen LogP contribution in [0.3, 0.4) is 0 Å². The molecule has 0 bridgehead atoms. The largest absolute Gasteiger partial charge is 0.496 e. The molecule has 0 fully saturated rings. The van der Waals surface area contributed by atoms with Crippen molar-refractivity contribution < 1.29 is 22.6 Å². The maximum Gasteiger partial charge on any atom is 0.221 e. The van der Waals surface area contributed by atoms with Crippen LogP contribution in [0.15, 0.2) is 36.5 Å². The molecule has 130 valence electrons. The number of pyridine rings is 1. The zero-order valence-electron chi connectivity index (χ0n) is 13.9. The molecule has 0 unspecified atom stereocenters. The summed E-state index contributed by atoms with van der Waals surface area (Å²) in [6.45, 7) is 3.57. The van der Waals surface area contributed by atoms with Gasteiger partial charge in [0.05, 0.1) is 18.6 Å². The number of ether oxygens (including phenoxy) is 2. The van der Waals surface area contributed by atoms with Crippen LogP contribution >= 0.6 is 0 Å². The van der Waals surface area contributed by atoms with E-state index in [-0.39, 0.29) is 22.8 Å². The van der Waals surface area contributed by atoms with E-state index in [0.717, 1.165) is 12.1 Å². The van der Waals surface area contributed by atoms with Crippen LogP contribution in [0.5, 0.6) is 11.6 Å². The predicted molar refractivity (Wildman–Crippen MR) is 89.4 cm³/mol. The molecule has 3 rings (SSSR count). The van der Waals surface area contributed by atoms with E-state index in [1.165, 1.54) is 31.5 Å². The van der Waals surface area contributed by atoms with Crippen LogP contribution in [-0.2, 0) is 0 Å². The highest BCUT2D eigenvalue weighted by atomic mass is 19.1. The molecule has 25 heavy (non-hydrogen) atoms. The van der Waals surface area contributed by atoms with E-state index in [1.54, 1.807) is 13.8 Å². The van der Waals surface area contributed by atoms with Gasteiger partial charge in [0.2, 0.25) is 5.88 Å². The van der Waals surface area contributed by atoms with E-state index in [1.807, 2.05) is 0 Å². The minimum Gasteiger partial charge on any atom is -0.496 e. The maximum atomic E-state index is 14.6. The van der Waals surface area contributed by atoms with Crippen molar-refractivity contribution in [3.05, 3.63) is 54.0 Å². The van der Waals surface area contributed by atoms with E-state index in [9.17, 15) is 13.2 Å². The Morgan fingerprint density at radius 3 is 2.40 bits per heavy atom. The summed E-state index contributed by atoms with van der Waals surface area (Å²) in [5, 5.41) is 0.269. The fourth-order valence-electron chi connectivity index (χ4n) is 2.69. The third-order valence-corrected chi connectivity index (χ3v) is 3.66. The number of nitrogens with zero attached hydrogens (tertiary/aromatic N) is 1. The molecule has 0 saturated heterocycles. The first-order valence-electron chi connectivity index (χ1n) is 7.69. The van der Waals surface area contributed by atoms with Crippen molar-refractivity contribution in [2.45, 2.75) is 20.0 Å². The Hall–Kier alpha value is -2.76. The van der Waals surface area contributed by atoms with Gasteiger partial charge in [-0.05, 0) is 38.1 Å². The van der Waals surface area contributed by atoms with E-state index < -0.39 is 17.5 Å². The van der Waals surface area contributed by atoms with Crippen LogP contribution < -0.4 is 9.47 Å². The normalized spacial score (nSPS) is 11.2. The van der Waals surface area contributed by atoms with Crippen molar-refractivity contribution in [1.29, 1.82) is 0 Å². The lowest BCUT2D eigenvalue weighted by Crippen LogP contribution is -2.08. The summed E-state index contributed by atoms with van der Waals surface area (Å²) >= 11 is 0. The van der Waals surface area contributed by atoms with Gasteiger partial charge in [0.1, 0.15) is 23.2 Å². The standard InChI is InChI=1S/C19H16F3NO2/c1-10(2)25-19-14-7-12(21)8-16(22)18(14)15(9-23-19)13-6-11(20)4-5-17(13)24-3/h4-10H,1-3H3. The van der Waals surface area contributed by atoms with Crippen LogP contribution in [0, 0.1) is 17.5 Å². The van der Waals surface area contributed by atoms with Gasteiger partial charge >= 0.3 is 0 Å². The second-order valence-electron chi connectivity index (χ2n) is 5.80. The van der Waals surface area contributed by atoms with Crippen molar-refractivity contribution in [1.82, 2.24) is 4.98 Å². The monoisotopic (exact) mass is 347 g/mol. The van der Waals surface area contributed by atoms with Gasteiger partial charge in [0, 0.05) is 28.8 Å². The van der Waals surface area contributed by atoms with Gasteiger partial charge in [-0.2, -0.15) is 0 Å². The lowest BCUT2D eigenvalue weighted by atomic mass is 9.99. The molecule has 0 aliphatic rings. The van der Waals surface area contributed by atoms with Crippen molar-refractivity contribution in [3.8, 4) is 22.8 Å². The second-order valence-corrected chi connectivity index (χ2v) is 5.80. The summed E-state index contributed by atoms with van der Waals surface area (Å²) in [5.74, 6) is -1.57. The number of aromatic nitrogens is 1. The molecule has 0 atom stereocenters. The summed E-state index contributed by atoms with van der Waals surface area (Å²) in [7, 11) is 1.43. The quantitative estimate of drug-likeness (QED) is 0.657. The van der Waals surface area contributed by atoms with E-state index in [4.69, 9.17) is 9.47 Å². The summed E-state index contributed by atoms with van der Waals surface area (Å²) in [4.78, 5) is 4.18. The van der Waals surface area contributed by atoms with Crippen LogP contribution in [-0.4, -0.2) is 18.2 Å². The molecular formula is C19H16F3NO2. The van der Waals surface area contributed by atoms with Crippen LogP contribution in [0.1, 0.15) is 13.8 Å². The Balaban J connectivity index is 2.36. The Bertz CT molecular complexity index is 942. The molecule has 0 aliphatic carbocycles. The molecule has 1 heterocycles. The van der Waals surface area contributed by atoms with E-state index >= 15 is 0 Å². The molecule has 0 N–H and O–H groups in total. The number of benzene rings is 2. The molecular weight excluding hydrogens is 331 g/mol. The number of methoxy groups -OCH3 is 1. The molecule has 0 spiro atoms. The molecule has 1 aromatic heterocycles. The first kappa shape index (κ1) is 17.1. The van der Waals surface area contributed by atoms with Crippen LogP contribution in [0.2, 0.25) is 0 Å². The van der Waals surface area contributed by atoms with Gasteiger partial charge in [0.15, 0.2) is 0 Å². The van der Waals surface area contributed by atoms with Gasteiger partial charge in [-0.25, -0.2) is 18.2 Å². The third-order valence-electron chi connectivity index (χ3n) is 3.66. The highest BCUT2D eigenvalue weighted by Crippen LogP contribution is 2.39. The molecule has 0 saturated carbocycles. The molecule has 0 amide bonds. The lowest BCUT2D eigenvalue weighted by Gasteiger charge is -2.16. The van der Waals surface area contributed by atoms with Crippen LogP contribution in [0.25, 0.3) is 21.9 Å². The first-order valence-corrected chi connectivity index (χ1v) is 7.69. The maximum absolute atomic E-state index is 14.6. The van der Waals surface area contributed by atoms with Gasteiger partial charge in [0.25, 0.3) is 0 Å². The minimum absolute atomic E-state index is 0.0935. The summed E-state index contributed by atoms with van der Waals surface area (Å²) in [6, 6.07) is 5.83. The fourth-order valence-corrected chi connectivity index (χ4v) is 2.69. The lowest BCUT2D eigenvalue weighted by molar-refractivity contribution is 0.236. The van der Waals surface area contributed by atoms with E-state index in [2.05, 4.69) is 4.98 Å². The third kappa shape index (κ3) is 3.24. The van der Waals surface area contributed by atoms with Crippen LogP contribution in [0.4, 0.5) is 13.2 Å². The Labute approximate surface area is 143 Å². The van der Waals surface area contributed by atoms with Gasteiger partial charge in [-0.1, -0.05) is 0 Å². The number of fused-ring (bicyclic) bond motifs is 1. The molecule has 6 heteroatoms. The summed E-state index contributed by atoms with van der Waals surface area (Å²) in [5.41, 5.74) is 0.613. The predicted octanol–water partition coefficient (Wildman–Crippen LogP) is 5.11. The summed E-state index contributed by atoms with van der Waals surface area (Å²) in [6.07, 6.45) is 1.15. The number of rotatable bonds is 4. The smallest absolute Gasteiger partial charge is 0.221 e. The number of hydrogen-bond acceptors (Lipinski definition) is 3. The zero-order chi connectivity index (χ0) is 18.1. The molecule has 3 aromatic rings. The summed E-state index contributed by atoms with van der Waals surface area (Å²) < 4.78 is 52.9. The average Bonchev–Trinajstić information content (AvgIpc) is 2.55. The highest BCUT2D eigenvalue weighted by Gasteiger charge is 2.19. The second kappa shape index (κ2) is 6.63. The minimum atomic E-state index is -0.785. The van der Waals surface area contributed by atoms with Crippen molar-refractivity contribution in [3.63, 3.8) is 0 Å². The molecule has 2 aromatic carbocycles.